The van der Waals surface area contributed by atoms with Gasteiger partial charge in [-0.25, -0.2) is 0 Å². The molecule has 116 valence electrons. The van der Waals surface area contributed by atoms with Crippen LogP contribution in [0.4, 0.5) is 0 Å². The lowest BCUT2D eigenvalue weighted by Gasteiger charge is -2.37. The molecule has 2 N–H and O–H groups in total. The fraction of sp³-hybridized carbons (Fsp3) is 0.938. The highest BCUT2D eigenvalue weighted by Gasteiger charge is 2.41. The quantitative estimate of drug-likeness (QED) is 0.792. The first kappa shape index (κ1) is 16.2. The van der Waals surface area contributed by atoms with Gasteiger partial charge >= 0.3 is 0 Å². The van der Waals surface area contributed by atoms with Gasteiger partial charge in [0.25, 0.3) is 0 Å². The van der Waals surface area contributed by atoms with Crippen LogP contribution in [0.5, 0.6) is 0 Å². The molecule has 0 radical (unpaired) electrons. The molecule has 0 aromatic heterocycles. The summed E-state index contributed by atoms with van der Waals surface area (Å²) in [7, 11) is 0. The highest BCUT2D eigenvalue weighted by Crippen LogP contribution is 2.38. The molecule has 2 aliphatic rings. The summed E-state index contributed by atoms with van der Waals surface area (Å²) >= 11 is 1.96. The number of amides is 1. The van der Waals surface area contributed by atoms with Gasteiger partial charge in [-0.2, -0.15) is 11.8 Å². The maximum Gasteiger partial charge on any atom is 0.227 e. The van der Waals surface area contributed by atoms with Crippen LogP contribution in [0.25, 0.3) is 0 Å². The maximum atomic E-state index is 12.7. The van der Waals surface area contributed by atoms with Crippen LogP contribution in [-0.4, -0.2) is 36.5 Å². The smallest absolute Gasteiger partial charge is 0.227 e. The van der Waals surface area contributed by atoms with Crippen molar-refractivity contribution in [3.8, 4) is 0 Å². The third-order valence-electron chi connectivity index (χ3n) is 5.22. The van der Waals surface area contributed by atoms with Gasteiger partial charge in [0.1, 0.15) is 0 Å². The van der Waals surface area contributed by atoms with Crippen molar-refractivity contribution >= 4 is 17.7 Å². The molecule has 1 heterocycles. The molecule has 20 heavy (non-hydrogen) atoms. The molecule has 2 rings (SSSR count). The van der Waals surface area contributed by atoms with Gasteiger partial charge in [0, 0.05) is 17.8 Å². The number of rotatable bonds is 6. The zero-order chi connectivity index (χ0) is 14.5. The fourth-order valence-corrected chi connectivity index (χ4v) is 4.73. The van der Waals surface area contributed by atoms with Crippen molar-refractivity contribution in [2.45, 2.75) is 63.0 Å². The highest BCUT2D eigenvalue weighted by atomic mass is 32.2. The summed E-state index contributed by atoms with van der Waals surface area (Å²) < 4.78 is 0.299. The Hall–Kier alpha value is -0.220. The lowest BCUT2D eigenvalue weighted by atomic mass is 9.81. The topological polar surface area (TPSA) is 41.1 Å². The fourth-order valence-electron chi connectivity index (χ4n) is 3.82. The minimum atomic E-state index is -0.136. The van der Waals surface area contributed by atoms with Gasteiger partial charge in [-0.3, -0.25) is 4.79 Å². The van der Waals surface area contributed by atoms with E-state index in [1.165, 1.54) is 32.1 Å². The van der Waals surface area contributed by atoms with Crippen LogP contribution in [0, 0.1) is 5.41 Å². The molecule has 0 aromatic rings. The summed E-state index contributed by atoms with van der Waals surface area (Å²) in [5, 5.41) is 6.69. The molecular weight excluding hydrogens is 268 g/mol. The third-order valence-corrected chi connectivity index (χ3v) is 6.64. The first-order chi connectivity index (χ1) is 9.66. The molecular formula is C16H30N2OS. The summed E-state index contributed by atoms with van der Waals surface area (Å²) in [6.45, 7) is 4.89. The molecule has 0 aromatic carbocycles. The van der Waals surface area contributed by atoms with E-state index in [-0.39, 0.29) is 5.41 Å². The van der Waals surface area contributed by atoms with Crippen LogP contribution in [0.15, 0.2) is 0 Å². The molecule has 1 saturated heterocycles. The second kappa shape index (κ2) is 7.17. The molecule has 1 unspecified atom stereocenters. The Labute approximate surface area is 128 Å². The largest absolute Gasteiger partial charge is 0.354 e. The van der Waals surface area contributed by atoms with Gasteiger partial charge < -0.3 is 10.6 Å². The van der Waals surface area contributed by atoms with Crippen molar-refractivity contribution in [3.05, 3.63) is 0 Å². The third kappa shape index (κ3) is 3.51. The summed E-state index contributed by atoms with van der Waals surface area (Å²) in [4.78, 5) is 12.7. The van der Waals surface area contributed by atoms with Crippen LogP contribution in [0.1, 0.15) is 58.3 Å². The van der Waals surface area contributed by atoms with Gasteiger partial charge in [0.05, 0.1) is 5.41 Å². The molecule has 1 atom stereocenters. The van der Waals surface area contributed by atoms with Gasteiger partial charge in [-0.05, 0) is 38.5 Å². The number of nitrogens with one attached hydrogen (secondary N) is 2. The van der Waals surface area contributed by atoms with E-state index in [4.69, 9.17) is 0 Å². The predicted molar refractivity (Wildman–Crippen MR) is 87.2 cm³/mol. The Morgan fingerprint density at radius 1 is 1.25 bits per heavy atom. The minimum absolute atomic E-state index is 0.136. The zero-order valence-electron chi connectivity index (χ0n) is 13.1. The molecule has 2 fully saturated rings. The minimum Gasteiger partial charge on any atom is -0.354 e. The summed E-state index contributed by atoms with van der Waals surface area (Å²) in [5.74, 6) is 0.295. The Morgan fingerprint density at radius 2 is 2.00 bits per heavy atom. The average Bonchev–Trinajstić information content (AvgIpc) is 2.96. The summed E-state index contributed by atoms with van der Waals surface area (Å²) in [6.07, 6.45) is 11.8. The summed E-state index contributed by atoms with van der Waals surface area (Å²) in [6, 6.07) is 0. The predicted octanol–water partition coefficient (Wildman–Crippen LogP) is 2.95. The van der Waals surface area contributed by atoms with E-state index in [1.807, 2.05) is 11.8 Å². The van der Waals surface area contributed by atoms with Crippen LogP contribution in [0.2, 0.25) is 0 Å². The van der Waals surface area contributed by atoms with Crippen molar-refractivity contribution in [1.82, 2.24) is 10.6 Å². The van der Waals surface area contributed by atoms with Crippen molar-refractivity contribution in [1.29, 1.82) is 0 Å². The highest BCUT2D eigenvalue weighted by molar-refractivity contribution is 8.00. The normalized spacial score (nSPS) is 29.3. The molecule has 0 bridgehead atoms. The van der Waals surface area contributed by atoms with Crippen LogP contribution in [-0.2, 0) is 4.79 Å². The molecule has 1 aliphatic heterocycles. The first-order valence-corrected chi connectivity index (χ1v) is 9.43. The Morgan fingerprint density at radius 3 is 2.55 bits per heavy atom. The molecule has 4 heteroatoms. The lowest BCUT2D eigenvalue weighted by Crippen LogP contribution is -2.48. The number of thioether (sulfide) groups is 1. The van der Waals surface area contributed by atoms with Gasteiger partial charge in [-0.1, -0.05) is 32.6 Å². The Kier molecular flexibility index (Phi) is 5.79. The van der Waals surface area contributed by atoms with Crippen LogP contribution in [0.3, 0.4) is 0 Å². The van der Waals surface area contributed by atoms with E-state index in [9.17, 15) is 4.79 Å². The van der Waals surface area contributed by atoms with Crippen LogP contribution >= 0.6 is 11.8 Å². The van der Waals surface area contributed by atoms with Crippen LogP contribution < -0.4 is 10.6 Å². The SMILES string of the molecule is CCCC1(C(=O)NCC2(SC)CCCCC2)CCNC1. The Bertz CT molecular complexity index is 320. The zero-order valence-corrected chi connectivity index (χ0v) is 13.9. The number of carbonyl (C=O) groups is 1. The molecule has 1 amide bonds. The van der Waals surface area contributed by atoms with Crippen molar-refractivity contribution in [3.63, 3.8) is 0 Å². The first-order valence-electron chi connectivity index (χ1n) is 8.21. The molecule has 1 saturated carbocycles. The van der Waals surface area contributed by atoms with E-state index >= 15 is 0 Å². The van der Waals surface area contributed by atoms with Gasteiger partial charge in [-0.15, -0.1) is 0 Å². The van der Waals surface area contributed by atoms with Gasteiger partial charge in [0.2, 0.25) is 5.91 Å². The average molecular weight is 298 g/mol. The molecule has 0 spiro atoms. The van der Waals surface area contributed by atoms with Crippen molar-refractivity contribution in [2.24, 2.45) is 5.41 Å². The van der Waals surface area contributed by atoms with Crippen molar-refractivity contribution < 1.29 is 4.79 Å². The van der Waals surface area contributed by atoms with E-state index in [0.717, 1.165) is 38.9 Å². The number of hydrogen-bond donors (Lipinski definition) is 2. The number of hydrogen-bond acceptors (Lipinski definition) is 3. The molecule has 3 nitrogen and oxygen atoms in total. The van der Waals surface area contributed by atoms with Crippen molar-refractivity contribution in [2.75, 3.05) is 25.9 Å². The number of carbonyl (C=O) groups excluding carboxylic acids is 1. The van der Waals surface area contributed by atoms with Gasteiger partial charge in [0.15, 0.2) is 0 Å². The maximum absolute atomic E-state index is 12.7. The second-order valence-electron chi connectivity index (χ2n) is 6.59. The lowest BCUT2D eigenvalue weighted by molar-refractivity contribution is -0.130. The summed E-state index contributed by atoms with van der Waals surface area (Å²) in [5.41, 5.74) is -0.136. The second-order valence-corrected chi connectivity index (χ2v) is 7.86. The standard InChI is InChI=1S/C16H30N2OS/c1-3-7-15(10-11-17-12-15)14(19)18-13-16(20-2)8-5-4-6-9-16/h17H,3-13H2,1-2H3,(H,18,19). The molecule has 1 aliphatic carbocycles. The Balaban J connectivity index is 1.92. The van der Waals surface area contributed by atoms with E-state index < -0.39 is 0 Å². The van der Waals surface area contributed by atoms with E-state index in [0.29, 0.717) is 10.7 Å². The van der Waals surface area contributed by atoms with E-state index in [2.05, 4.69) is 23.8 Å². The monoisotopic (exact) mass is 298 g/mol. The van der Waals surface area contributed by atoms with E-state index in [1.54, 1.807) is 0 Å².